The maximum atomic E-state index is 10.7. The van der Waals surface area contributed by atoms with E-state index in [1.54, 1.807) is 36.4 Å². The number of carbonyl (C=O) groups excluding carboxylic acids is 1. The average molecular weight is 242 g/mol. The van der Waals surface area contributed by atoms with E-state index in [-0.39, 0.29) is 6.61 Å². The van der Waals surface area contributed by atoms with Gasteiger partial charge in [-0.25, -0.2) is 0 Å². The molecular formula is C15H14O3. The molecule has 0 saturated heterocycles. The van der Waals surface area contributed by atoms with Gasteiger partial charge in [-0.3, -0.25) is 4.79 Å². The summed E-state index contributed by atoms with van der Waals surface area (Å²) in [6, 6.07) is 12.5. The fourth-order valence-corrected chi connectivity index (χ4v) is 1.59. The van der Waals surface area contributed by atoms with Crippen LogP contribution in [0.4, 0.5) is 0 Å². The van der Waals surface area contributed by atoms with E-state index in [2.05, 4.69) is 0 Å². The van der Waals surface area contributed by atoms with Crippen molar-refractivity contribution < 1.29 is 14.6 Å². The van der Waals surface area contributed by atoms with Crippen LogP contribution in [0.1, 0.15) is 21.5 Å². The van der Waals surface area contributed by atoms with E-state index in [1.165, 1.54) is 0 Å². The molecule has 0 spiro atoms. The standard InChI is InChI=1S/C15H14O3/c1-11-2-3-13(10-17)8-15(11)18-14-6-4-12(9-16)5-7-14/h2-8,10,16H,9H2,1H3. The van der Waals surface area contributed by atoms with Gasteiger partial charge in [0.1, 0.15) is 17.8 Å². The Morgan fingerprint density at radius 2 is 1.89 bits per heavy atom. The molecule has 18 heavy (non-hydrogen) atoms. The SMILES string of the molecule is Cc1ccc(C=O)cc1Oc1ccc(CO)cc1. The summed E-state index contributed by atoms with van der Waals surface area (Å²) in [4.78, 5) is 10.7. The number of aryl methyl sites for hydroxylation is 1. The fraction of sp³-hybridized carbons (Fsp3) is 0.133. The van der Waals surface area contributed by atoms with Crippen LogP contribution in [0.2, 0.25) is 0 Å². The largest absolute Gasteiger partial charge is 0.457 e. The van der Waals surface area contributed by atoms with Crippen LogP contribution < -0.4 is 4.74 Å². The van der Waals surface area contributed by atoms with E-state index in [9.17, 15) is 4.79 Å². The summed E-state index contributed by atoms with van der Waals surface area (Å²) >= 11 is 0. The minimum absolute atomic E-state index is 0.0138. The lowest BCUT2D eigenvalue weighted by atomic mass is 10.1. The summed E-state index contributed by atoms with van der Waals surface area (Å²) in [5.41, 5.74) is 2.38. The number of hydrogen-bond acceptors (Lipinski definition) is 3. The molecule has 0 bridgehead atoms. The molecule has 0 unspecified atom stereocenters. The van der Waals surface area contributed by atoms with Crippen molar-refractivity contribution >= 4 is 6.29 Å². The predicted octanol–water partition coefficient (Wildman–Crippen LogP) is 3.09. The smallest absolute Gasteiger partial charge is 0.150 e. The normalized spacial score (nSPS) is 10.1. The van der Waals surface area contributed by atoms with Gasteiger partial charge in [-0.2, -0.15) is 0 Å². The number of ether oxygens (including phenoxy) is 1. The van der Waals surface area contributed by atoms with E-state index in [4.69, 9.17) is 9.84 Å². The summed E-state index contributed by atoms with van der Waals surface area (Å²) in [6.45, 7) is 1.94. The van der Waals surface area contributed by atoms with Crippen molar-refractivity contribution in [2.45, 2.75) is 13.5 Å². The molecule has 0 saturated carbocycles. The first-order valence-corrected chi connectivity index (χ1v) is 5.66. The van der Waals surface area contributed by atoms with Crippen LogP contribution in [-0.2, 0) is 6.61 Å². The molecule has 3 nitrogen and oxygen atoms in total. The first kappa shape index (κ1) is 12.3. The van der Waals surface area contributed by atoms with Gasteiger partial charge < -0.3 is 9.84 Å². The van der Waals surface area contributed by atoms with Crippen LogP contribution in [-0.4, -0.2) is 11.4 Å². The number of aliphatic hydroxyl groups excluding tert-OH is 1. The summed E-state index contributed by atoms with van der Waals surface area (Å²) in [5, 5.41) is 8.95. The highest BCUT2D eigenvalue weighted by Gasteiger charge is 2.03. The Balaban J connectivity index is 2.24. The highest BCUT2D eigenvalue weighted by molar-refractivity contribution is 5.75. The van der Waals surface area contributed by atoms with Crippen molar-refractivity contribution in [3.05, 3.63) is 59.2 Å². The zero-order valence-corrected chi connectivity index (χ0v) is 10.1. The lowest BCUT2D eigenvalue weighted by molar-refractivity contribution is 0.112. The van der Waals surface area contributed by atoms with Crippen LogP contribution in [0.5, 0.6) is 11.5 Å². The van der Waals surface area contributed by atoms with Crippen LogP contribution in [0.15, 0.2) is 42.5 Å². The number of aldehydes is 1. The second kappa shape index (κ2) is 5.47. The number of benzene rings is 2. The molecule has 0 aliphatic heterocycles. The Bertz CT molecular complexity index is 544. The van der Waals surface area contributed by atoms with Crippen LogP contribution in [0, 0.1) is 6.92 Å². The van der Waals surface area contributed by atoms with Crippen molar-refractivity contribution in [1.82, 2.24) is 0 Å². The third kappa shape index (κ3) is 2.76. The maximum Gasteiger partial charge on any atom is 0.150 e. The molecule has 0 radical (unpaired) electrons. The van der Waals surface area contributed by atoms with Crippen molar-refractivity contribution in [3.63, 3.8) is 0 Å². The van der Waals surface area contributed by atoms with Crippen molar-refractivity contribution in [1.29, 1.82) is 0 Å². The number of hydrogen-bond donors (Lipinski definition) is 1. The molecule has 2 aromatic rings. The van der Waals surface area contributed by atoms with E-state index in [0.717, 1.165) is 17.4 Å². The zero-order chi connectivity index (χ0) is 13.0. The molecule has 2 rings (SSSR count). The average Bonchev–Trinajstić information content (AvgIpc) is 2.42. The van der Waals surface area contributed by atoms with Gasteiger partial charge in [0.15, 0.2) is 0 Å². The van der Waals surface area contributed by atoms with Crippen LogP contribution >= 0.6 is 0 Å². The molecule has 92 valence electrons. The van der Waals surface area contributed by atoms with Gasteiger partial charge in [0, 0.05) is 5.56 Å². The highest BCUT2D eigenvalue weighted by atomic mass is 16.5. The van der Waals surface area contributed by atoms with Gasteiger partial charge in [0.2, 0.25) is 0 Å². The predicted molar refractivity (Wildman–Crippen MR) is 69.0 cm³/mol. The Kier molecular flexibility index (Phi) is 3.75. The molecule has 0 aromatic heterocycles. The Morgan fingerprint density at radius 1 is 1.17 bits per heavy atom. The fourth-order valence-electron chi connectivity index (χ4n) is 1.59. The third-order valence-corrected chi connectivity index (χ3v) is 2.68. The third-order valence-electron chi connectivity index (χ3n) is 2.68. The Hall–Kier alpha value is -2.13. The monoisotopic (exact) mass is 242 g/mol. The maximum absolute atomic E-state index is 10.7. The van der Waals surface area contributed by atoms with Crippen molar-refractivity contribution in [2.75, 3.05) is 0 Å². The van der Waals surface area contributed by atoms with Gasteiger partial charge in [0.05, 0.1) is 6.61 Å². The summed E-state index contributed by atoms with van der Waals surface area (Å²) < 4.78 is 5.71. The van der Waals surface area contributed by atoms with Gasteiger partial charge in [-0.05, 0) is 36.2 Å². The zero-order valence-electron chi connectivity index (χ0n) is 10.1. The van der Waals surface area contributed by atoms with E-state index < -0.39 is 0 Å². The topological polar surface area (TPSA) is 46.5 Å². The number of rotatable bonds is 4. The lowest BCUT2D eigenvalue weighted by Gasteiger charge is -2.09. The summed E-state index contributed by atoms with van der Waals surface area (Å²) in [7, 11) is 0. The van der Waals surface area contributed by atoms with Crippen molar-refractivity contribution in [2.24, 2.45) is 0 Å². The first-order chi connectivity index (χ1) is 8.72. The van der Waals surface area contributed by atoms with Gasteiger partial charge in [0.25, 0.3) is 0 Å². The second-order valence-corrected chi connectivity index (χ2v) is 4.05. The lowest BCUT2D eigenvalue weighted by Crippen LogP contribution is -1.90. The minimum atomic E-state index is 0.0138. The second-order valence-electron chi connectivity index (χ2n) is 4.05. The molecule has 2 aromatic carbocycles. The van der Waals surface area contributed by atoms with Gasteiger partial charge in [-0.1, -0.05) is 24.3 Å². The van der Waals surface area contributed by atoms with E-state index >= 15 is 0 Å². The van der Waals surface area contributed by atoms with Gasteiger partial charge >= 0.3 is 0 Å². The van der Waals surface area contributed by atoms with Crippen LogP contribution in [0.25, 0.3) is 0 Å². The highest BCUT2D eigenvalue weighted by Crippen LogP contribution is 2.25. The van der Waals surface area contributed by atoms with Crippen molar-refractivity contribution in [3.8, 4) is 11.5 Å². The van der Waals surface area contributed by atoms with E-state index in [0.29, 0.717) is 17.1 Å². The molecule has 0 aliphatic carbocycles. The molecule has 0 heterocycles. The Morgan fingerprint density at radius 3 is 2.50 bits per heavy atom. The molecule has 0 amide bonds. The molecule has 1 N–H and O–H groups in total. The molecule has 0 aliphatic rings. The van der Waals surface area contributed by atoms with E-state index in [1.807, 2.05) is 13.0 Å². The quantitative estimate of drug-likeness (QED) is 0.838. The summed E-state index contributed by atoms with van der Waals surface area (Å²) in [5.74, 6) is 1.34. The van der Waals surface area contributed by atoms with Gasteiger partial charge in [-0.15, -0.1) is 0 Å². The molecule has 0 fully saturated rings. The molecule has 0 atom stereocenters. The first-order valence-electron chi connectivity index (χ1n) is 5.66. The molecular weight excluding hydrogens is 228 g/mol. The number of carbonyl (C=O) groups is 1. The Labute approximate surface area is 106 Å². The summed E-state index contributed by atoms with van der Waals surface area (Å²) in [6.07, 6.45) is 0.793. The molecule has 3 heteroatoms. The number of aliphatic hydroxyl groups is 1. The minimum Gasteiger partial charge on any atom is -0.457 e. The van der Waals surface area contributed by atoms with Crippen LogP contribution in [0.3, 0.4) is 0 Å².